The zero-order chi connectivity index (χ0) is 10.7. The molecule has 2 rings (SSSR count). The predicted molar refractivity (Wildman–Crippen MR) is 66.8 cm³/mol. The summed E-state index contributed by atoms with van der Waals surface area (Å²) >= 11 is 0. The van der Waals surface area contributed by atoms with E-state index in [-0.39, 0.29) is 12.4 Å². The fourth-order valence-corrected chi connectivity index (χ4v) is 2.00. The minimum atomic E-state index is 0. The second kappa shape index (κ2) is 5.97. The largest absolute Gasteiger partial charge is 0.497 e. The summed E-state index contributed by atoms with van der Waals surface area (Å²) in [6, 6.07) is 6.50. The van der Waals surface area contributed by atoms with Gasteiger partial charge in [-0.1, -0.05) is 0 Å². The van der Waals surface area contributed by atoms with Gasteiger partial charge in [-0.15, -0.1) is 12.4 Å². The summed E-state index contributed by atoms with van der Waals surface area (Å²) in [6.45, 7) is 1.10. The van der Waals surface area contributed by atoms with E-state index < -0.39 is 0 Å². The molecule has 0 unspecified atom stereocenters. The van der Waals surface area contributed by atoms with Crippen LogP contribution in [0.3, 0.4) is 0 Å². The fraction of sp³-hybridized carbons (Fsp3) is 0.500. The molecule has 90 valence electrons. The fourth-order valence-electron chi connectivity index (χ4n) is 2.00. The smallest absolute Gasteiger partial charge is 0.122 e. The molecule has 1 N–H and O–H groups in total. The number of hydrogen-bond acceptors (Lipinski definition) is 3. The van der Waals surface area contributed by atoms with Gasteiger partial charge in [-0.25, -0.2) is 0 Å². The number of ether oxygens (including phenoxy) is 2. The van der Waals surface area contributed by atoms with Gasteiger partial charge in [-0.2, -0.15) is 0 Å². The molecular formula is C12H18ClNO2. The van der Waals surface area contributed by atoms with E-state index in [4.69, 9.17) is 9.47 Å². The Morgan fingerprint density at radius 2 is 1.75 bits per heavy atom. The van der Waals surface area contributed by atoms with Crippen LogP contribution in [-0.2, 0) is 0 Å². The summed E-state index contributed by atoms with van der Waals surface area (Å²) in [7, 11) is 3.36. The molecule has 1 atom stereocenters. The topological polar surface area (TPSA) is 30.5 Å². The lowest BCUT2D eigenvalue weighted by Gasteiger charge is -2.13. The molecule has 1 aliphatic rings. The highest BCUT2D eigenvalue weighted by atomic mass is 35.5. The van der Waals surface area contributed by atoms with Crippen LogP contribution >= 0.6 is 12.4 Å². The highest BCUT2D eigenvalue weighted by molar-refractivity contribution is 5.85. The van der Waals surface area contributed by atoms with Gasteiger partial charge in [0.05, 0.1) is 14.2 Å². The van der Waals surface area contributed by atoms with Gasteiger partial charge in [0.15, 0.2) is 0 Å². The average Bonchev–Trinajstić information content (AvgIpc) is 2.81. The van der Waals surface area contributed by atoms with E-state index >= 15 is 0 Å². The first kappa shape index (κ1) is 13.1. The Balaban J connectivity index is 0.00000128. The van der Waals surface area contributed by atoms with Crippen molar-refractivity contribution in [2.45, 2.75) is 18.9 Å². The van der Waals surface area contributed by atoms with Crippen molar-refractivity contribution < 1.29 is 9.47 Å². The Hall–Kier alpha value is -0.930. The van der Waals surface area contributed by atoms with Crippen molar-refractivity contribution in [1.29, 1.82) is 0 Å². The molecule has 3 nitrogen and oxygen atoms in total. The van der Waals surface area contributed by atoms with Crippen molar-refractivity contribution in [2.24, 2.45) is 0 Å². The number of benzene rings is 1. The summed E-state index contributed by atoms with van der Waals surface area (Å²) in [4.78, 5) is 0. The molecule has 1 fully saturated rings. The van der Waals surface area contributed by atoms with Crippen molar-refractivity contribution in [2.75, 3.05) is 20.8 Å². The number of methoxy groups -OCH3 is 2. The number of nitrogens with one attached hydrogen (secondary N) is 1. The molecule has 0 aromatic heterocycles. The molecule has 1 aromatic rings. The Morgan fingerprint density at radius 3 is 2.19 bits per heavy atom. The van der Waals surface area contributed by atoms with Crippen molar-refractivity contribution in [1.82, 2.24) is 5.32 Å². The van der Waals surface area contributed by atoms with Gasteiger partial charge < -0.3 is 14.8 Å². The zero-order valence-corrected chi connectivity index (χ0v) is 10.5. The third-order valence-corrected chi connectivity index (χ3v) is 2.84. The van der Waals surface area contributed by atoms with Crippen molar-refractivity contribution in [3.63, 3.8) is 0 Å². The lowest BCUT2D eigenvalue weighted by atomic mass is 10.0. The molecule has 0 radical (unpaired) electrons. The van der Waals surface area contributed by atoms with E-state index in [1.54, 1.807) is 14.2 Å². The molecule has 1 saturated heterocycles. The second-order valence-electron chi connectivity index (χ2n) is 3.79. The minimum Gasteiger partial charge on any atom is -0.497 e. The Morgan fingerprint density at radius 1 is 1.12 bits per heavy atom. The van der Waals surface area contributed by atoms with Gasteiger partial charge in [0.2, 0.25) is 0 Å². The van der Waals surface area contributed by atoms with Gasteiger partial charge in [0.1, 0.15) is 11.5 Å². The second-order valence-corrected chi connectivity index (χ2v) is 3.79. The summed E-state index contributed by atoms with van der Waals surface area (Å²) in [5.74, 6) is 1.72. The molecular weight excluding hydrogens is 226 g/mol. The molecule has 1 aromatic carbocycles. The highest BCUT2D eigenvalue weighted by Gasteiger charge is 2.17. The number of halogens is 1. The predicted octanol–water partition coefficient (Wildman–Crippen LogP) is 2.55. The maximum Gasteiger partial charge on any atom is 0.122 e. The first-order valence-corrected chi connectivity index (χ1v) is 5.30. The van der Waals surface area contributed by atoms with Crippen LogP contribution in [0.15, 0.2) is 18.2 Å². The molecule has 1 heterocycles. The summed E-state index contributed by atoms with van der Waals surface area (Å²) in [6.07, 6.45) is 2.43. The highest BCUT2D eigenvalue weighted by Crippen LogP contribution is 2.30. The molecule has 1 aliphatic heterocycles. The van der Waals surface area contributed by atoms with E-state index in [1.165, 1.54) is 18.4 Å². The first-order valence-electron chi connectivity index (χ1n) is 5.30. The molecule has 16 heavy (non-hydrogen) atoms. The first-order chi connectivity index (χ1) is 7.33. The summed E-state index contributed by atoms with van der Waals surface area (Å²) in [5, 5.41) is 3.46. The van der Waals surface area contributed by atoms with Crippen LogP contribution in [0.25, 0.3) is 0 Å². The monoisotopic (exact) mass is 243 g/mol. The number of rotatable bonds is 3. The van der Waals surface area contributed by atoms with Gasteiger partial charge in [0.25, 0.3) is 0 Å². The molecule has 0 amide bonds. The van der Waals surface area contributed by atoms with Crippen molar-refractivity contribution >= 4 is 12.4 Å². The maximum atomic E-state index is 5.25. The zero-order valence-electron chi connectivity index (χ0n) is 9.66. The van der Waals surface area contributed by atoms with Crippen LogP contribution in [0.4, 0.5) is 0 Å². The SMILES string of the molecule is COc1cc(OC)cc([C@H]2CCCN2)c1.Cl. The Bertz CT molecular complexity index is 316. The van der Waals surface area contributed by atoms with Gasteiger partial charge in [-0.3, -0.25) is 0 Å². The van der Waals surface area contributed by atoms with Crippen LogP contribution in [0.2, 0.25) is 0 Å². The lowest BCUT2D eigenvalue weighted by Crippen LogP contribution is -2.12. The van der Waals surface area contributed by atoms with Crippen LogP contribution in [0, 0.1) is 0 Å². The normalized spacial score (nSPS) is 19.0. The van der Waals surface area contributed by atoms with E-state index in [9.17, 15) is 0 Å². The molecule has 0 bridgehead atoms. The van der Waals surface area contributed by atoms with E-state index in [1.807, 2.05) is 6.07 Å². The quantitative estimate of drug-likeness (QED) is 0.885. The molecule has 0 saturated carbocycles. The Labute approximate surface area is 103 Å². The van der Waals surface area contributed by atoms with Gasteiger partial charge >= 0.3 is 0 Å². The van der Waals surface area contributed by atoms with Gasteiger partial charge in [0, 0.05) is 12.1 Å². The van der Waals surface area contributed by atoms with Crippen molar-refractivity contribution in [3.05, 3.63) is 23.8 Å². The van der Waals surface area contributed by atoms with Crippen LogP contribution in [-0.4, -0.2) is 20.8 Å². The lowest BCUT2D eigenvalue weighted by molar-refractivity contribution is 0.392. The number of hydrogen-bond donors (Lipinski definition) is 1. The minimum absolute atomic E-state index is 0. The Kier molecular flexibility index (Phi) is 4.90. The summed E-state index contributed by atoms with van der Waals surface area (Å²) < 4.78 is 10.5. The molecule has 0 aliphatic carbocycles. The molecule has 4 heteroatoms. The summed E-state index contributed by atoms with van der Waals surface area (Å²) in [5.41, 5.74) is 1.25. The third kappa shape index (κ3) is 2.80. The standard InChI is InChI=1S/C12H17NO2.ClH/c1-14-10-6-9(7-11(8-10)15-2)12-4-3-5-13-12;/h6-8,12-13H,3-5H2,1-2H3;1H/t12-;/m1./s1. The van der Waals surface area contributed by atoms with Crippen LogP contribution in [0.5, 0.6) is 11.5 Å². The van der Waals surface area contributed by atoms with E-state index in [0.717, 1.165) is 18.0 Å². The third-order valence-electron chi connectivity index (χ3n) is 2.84. The average molecular weight is 244 g/mol. The van der Waals surface area contributed by atoms with E-state index in [2.05, 4.69) is 17.4 Å². The maximum absolute atomic E-state index is 5.25. The molecule has 0 spiro atoms. The van der Waals surface area contributed by atoms with Crippen LogP contribution < -0.4 is 14.8 Å². The van der Waals surface area contributed by atoms with E-state index in [0.29, 0.717) is 6.04 Å². The van der Waals surface area contributed by atoms with Crippen LogP contribution in [0.1, 0.15) is 24.4 Å². The van der Waals surface area contributed by atoms with Crippen molar-refractivity contribution in [3.8, 4) is 11.5 Å². The van der Waals surface area contributed by atoms with Gasteiger partial charge in [-0.05, 0) is 37.1 Å².